The van der Waals surface area contributed by atoms with Gasteiger partial charge in [-0.3, -0.25) is 0 Å². The smallest absolute Gasteiger partial charge is 0.186 e. The molecule has 4 atom stereocenters. The maximum absolute atomic E-state index is 5.87. The van der Waals surface area contributed by atoms with E-state index < -0.39 is 5.79 Å². The molecule has 2 heterocycles. The van der Waals surface area contributed by atoms with Crippen LogP contribution in [-0.2, 0) is 18.9 Å². The van der Waals surface area contributed by atoms with Gasteiger partial charge in [-0.2, -0.15) is 11.8 Å². The molecule has 0 aliphatic carbocycles. The van der Waals surface area contributed by atoms with Crippen LogP contribution in [-0.4, -0.2) is 49.0 Å². The topological polar surface area (TPSA) is 36.9 Å². The molecular weight excluding hydrogens is 228 g/mol. The Morgan fingerprint density at radius 1 is 1.25 bits per heavy atom. The molecule has 0 aromatic rings. The van der Waals surface area contributed by atoms with Gasteiger partial charge >= 0.3 is 0 Å². The number of hydrogen-bond acceptors (Lipinski definition) is 5. The first-order valence-corrected chi connectivity index (χ1v) is 6.84. The monoisotopic (exact) mass is 248 g/mol. The van der Waals surface area contributed by atoms with Crippen LogP contribution in [0, 0.1) is 0 Å². The predicted octanol–water partition coefficient (Wildman–Crippen LogP) is 1.63. The van der Waals surface area contributed by atoms with Crippen molar-refractivity contribution < 1.29 is 18.9 Å². The van der Waals surface area contributed by atoms with Crippen LogP contribution in [0.5, 0.6) is 0 Å². The van der Waals surface area contributed by atoms with E-state index in [9.17, 15) is 0 Å². The third-order valence-corrected chi connectivity index (χ3v) is 3.80. The first-order valence-electron chi connectivity index (χ1n) is 5.69. The molecule has 2 fully saturated rings. The van der Waals surface area contributed by atoms with Gasteiger partial charge in [-0.1, -0.05) is 6.92 Å². The van der Waals surface area contributed by atoms with Gasteiger partial charge in [-0.25, -0.2) is 0 Å². The standard InChI is InChI=1S/C11H20O4S/c1-5-16-6-7-8-9(10(12-4)13-7)15-11(2,3)14-8/h7-10H,5-6H2,1-4H3/t7-,8+,9-,10-/m1/s1. The van der Waals surface area contributed by atoms with Crippen molar-refractivity contribution >= 4 is 11.8 Å². The summed E-state index contributed by atoms with van der Waals surface area (Å²) in [6.45, 7) is 6.00. The fourth-order valence-corrected chi connectivity index (χ4v) is 2.94. The Labute approximate surface area is 101 Å². The van der Waals surface area contributed by atoms with E-state index in [4.69, 9.17) is 18.9 Å². The van der Waals surface area contributed by atoms with E-state index in [1.54, 1.807) is 7.11 Å². The third-order valence-electron chi connectivity index (χ3n) is 2.83. The summed E-state index contributed by atoms with van der Waals surface area (Å²) in [7, 11) is 1.64. The van der Waals surface area contributed by atoms with Crippen molar-refractivity contribution in [1.82, 2.24) is 0 Å². The molecular formula is C11H20O4S. The molecule has 0 saturated carbocycles. The summed E-state index contributed by atoms with van der Waals surface area (Å²) < 4.78 is 22.8. The predicted molar refractivity (Wildman–Crippen MR) is 62.5 cm³/mol. The Hall–Kier alpha value is 0.190. The fraction of sp³-hybridized carbons (Fsp3) is 1.00. The molecule has 5 heteroatoms. The lowest BCUT2D eigenvalue weighted by Gasteiger charge is -2.23. The Balaban J connectivity index is 2.02. The van der Waals surface area contributed by atoms with Crippen molar-refractivity contribution in [3.63, 3.8) is 0 Å². The summed E-state index contributed by atoms with van der Waals surface area (Å²) in [6, 6.07) is 0. The summed E-state index contributed by atoms with van der Waals surface area (Å²) in [5.74, 6) is 1.49. The average Bonchev–Trinajstić information content (AvgIpc) is 2.69. The number of thioether (sulfide) groups is 1. The first-order chi connectivity index (χ1) is 7.57. The molecule has 0 aromatic carbocycles. The summed E-state index contributed by atoms with van der Waals surface area (Å²) in [5, 5.41) is 0. The SMILES string of the molecule is CCSC[C@H]1O[C@@H](OC)[C@@H]2OC(C)(C)O[C@H]21. The van der Waals surface area contributed by atoms with Crippen LogP contribution in [0.15, 0.2) is 0 Å². The molecule has 16 heavy (non-hydrogen) atoms. The first kappa shape index (κ1) is 12.6. The van der Waals surface area contributed by atoms with Crippen molar-refractivity contribution in [2.75, 3.05) is 18.6 Å². The lowest BCUT2D eigenvalue weighted by molar-refractivity contribution is -0.224. The number of hydrogen-bond donors (Lipinski definition) is 0. The van der Waals surface area contributed by atoms with Crippen LogP contribution >= 0.6 is 11.8 Å². The maximum atomic E-state index is 5.87. The zero-order chi connectivity index (χ0) is 11.8. The van der Waals surface area contributed by atoms with Gasteiger partial charge in [0.2, 0.25) is 0 Å². The minimum atomic E-state index is -0.523. The third kappa shape index (κ3) is 2.38. The highest BCUT2D eigenvalue weighted by atomic mass is 32.2. The number of fused-ring (bicyclic) bond motifs is 1. The molecule has 0 bridgehead atoms. The lowest BCUT2D eigenvalue weighted by atomic mass is 10.2. The molecule has 2 rings (SSSR count). The van der Waals surface area contributed by atoms with Gasteiger partial charge in [-0.05, 0) is 19.6 Å². The normalized spacial score (nSPS) is 41.2. The van der Waals surface area contributed by atoms with E-state index in [0.717, 1.165) is 11.5 Å². The van der Waals surface area contributed by atoms with Crippen LogP contribution in [0.3, 0.4) is 0 Å². The molecule has 0 spiro atoms. The highest BCUT2D eigenvalue weighted by Crippen LogP contribution is 2.39. The van der Waals surface area contributed by atoms with Crippen LogP contribution in [0.1, 0.15) is 20.8 Å². The van der Waals surface area contributed by atoms with E-state index in [1.807, 2.05) is 25.6 Å². The minimum Gasteiger partial charge on any atom is -0.353 e. The van der Waals surface area contributed by atoms with Crippen molar-refractivity contribution in [3.05, 3.63) is 0 Å². The molecule has 2 aliphatic rings. The summed E-state index contributed by atoms with van der Waals surface area (Å²) in [4.78, 5) is 0. The molecule has 2 aliphatic heterocycles. The largest absolute Gasteiger partial charge is 0.353 e. The van der Waals surface area contributed by atoms with E-state index in [2.05, 4.69) is 6.92 Å². The van der Waals surface area contributed by atoms with Crippen molar-refractivity contribution in [1.29, 1.82) is 0 Å². The van der Waals surface area contributed by atoms with Crippen molar-refractivity contribution in [2.24, 2.45) is 0 Å². The maximum Gasteiger partial charge on any atom is 0.186 e. The zero-order valence-electron chi connectivity index (χ0n) is 10.3. The van der Waals surface area contributed by atoms with E-state index in [0.29, 0.717) is 0 Å². The van der Waals surface area contributed by atoms with Gasteiger partial charge in [0.1, 0.15) is 12.2 Å². The van der Waals surface area contributed by atoms with E-state index >= 15 is 0 Å². The number of rotatable bonds is 4. The second-order valence-corrected chi connectivity index (χ2v) is 5.82. The molecule has 0 unspecified atom stereocenters. The van der Waals surface area contributed by atoms with Crippen LogP contribution in [0.25, 0.3) is 0 Å². The highest BCUT2D eigenvalue weighted by Gasteiger charge is 2.55. The minimum absolute atomic E-state index is 0.000926. The van der Waals surface area contributed by atoms with E-state index in [-0.39, 0.29) is 24.6 Å². The van der Waals surface area contributed by atoms with Crippen LogP contribution in [0.2, 0.25) is 0 Å². The molecule has 94 valence electrons. The lowest BCUT2D eigenvalue weighted by Crippen LogP contribution is -2.31. The molecule has 0 radical (unpaired) electrons. The number of ether oxygens (including phenoxy) is 4. The fourth-order valence-electron chi connectivity index (χ4n) is 2.20. The molecule has 0 aromatic heterocycles. The molecule has 4 nitrogen and oxygen atoms in total. The summed E-state index contributed by atoms with van der Waals surface area (Å²) >= 11 is 1.85. The average molecular weight is 248 g/mol. The number of methoxy groups -OCH3 is 1. The Bertz CT molecular complexity index is 246. The van der Waals surface area contributed by atoms with Gasteiger partial charge in [0, 0.05) is 12.9 Å². The molecule has 2 saturated heterocycles. The Morgan fingerprint density at radius 2 is 1.94 bits per heavy atom. The van der Waals surface area contributed by atoms with Gasteiger partial charge in [-0.15, -0.1) is 0 Å². The molecule has 0 N–H and O–H groups in total. The summed E-state index contributed by atoms with van der Waals surface area (Å²) in [5.41, 5.74) is 0. The van der Waals surface area contributed by atoms with Gasteiger partial charge in [0.25, 0.3) is 0 Å². The van der Waals surface area contributed by atoms with Crippen LogP contribution in [0.4, 0.5) is 0 Å². The summed E-state index contributed by atoms with van der Waals surface area (Å²) in [6.07, 6.45) is -0.322. The van der Waals surface area contributed by atoms with E-state index in [1.165, 1.54) is 0 Å². The van der Waals surface area contributed by atoms with Gasteiger partial charge in [0.15, 0.2) is 12.1 Å². The highest BCUT2D eigenvalue weighted by molar-refractivity contribution is 7.99. The zero-order valence-corrected chi connectivity index (χ0v) is 11.1. The Morgan fingerprint density at radius 3 is 2.56 bits per heavy atom. The second-order valence-electron chi connectivity index (χ2n) is 4.50. The van der Waals surface area contributed by atoms with Gasteiger partial charge in [0.05, 0.1) is 6.10 Å². The van der Waals surface area contributed by atoms with Crippen molar-refractivity contribution in [3.8, 4) is 0 Å². The molecule has 0 amide bonds. The second kappa shape index (κ2) is 4.82. The van der Waals surface area contributed by atoms with Crippen LogP contribution < -0.4 is 0 Å². The van der Waals surface area contributed by atoms with Gasteiger partial charge < -0.3 is 18.9 Å². The Kier molecular flexibility index (Phi) is 3.81. The quantitative estimate of drug-likeness (QED) is 0.756. The van der Waals surface area contributed by atoms with Crippen molar-refractivity contribution in [2.45, 2.75) is 51.2 Å².